The van der Waals surface area contributed by atoms with E-state index in [0.29, 0.717) is 62.1 Å². The van der Waals surface area contributed by atoms with Crippen molar-refractivity contribution in [1.82, 2.24) is 10.2 Å². The van der Waals surface area contributed by atoms with Crippen molar-refractivity contribution in [3.63, 3.8) is 0 Å². The summed E-state index contributed by atoms with van der Waals surface area (Å²) in [6, 6.07) is 9.59. The third-order valence-electron chi connectivity index (χ3n) is 7.32. The number of ether oxygens (including phenoxy) is 5. The molecule has 0 unspecified atom stereocenters. The largest absolute Gasteiger partial charge is 0.496 e. The van der Waals surface area contributed by atoms with Gasteiger partial charge in [-0.15, -0.1) is 11.3 Å². The summed E-state index contributed by atoms with van der Waals surface area (Å²) < 4.78 is 28.0. The summed E-state index contributed by atoms with van der Waals surface area (Å²) >= 11 is 1.34. The van der Waals surface area contributed by atoms with Crippen LogP contribution in [0.15, 0.2) is 30.3 Å². The molecule has 12 heteroatoms. The van der Waals surface area contributed by atoms with Gasteiger partial charge in [0.2, 0.25) is 5.91 Å². The molecule has 1 aliphatic rings. The molecule has 2 amide bonds. The number of amides is 2. The number of fused-ring (bicyclic) bond motifs is 2. The smallest absolute Gasteiger partial charge is 0.307 e. The second kappa shape index (κ2) is 16.1. The molecule has 3 aromatic rings. The summed E-state index contributed by atoms with van der Waals surface area (Å²) in [5.41, 5.74) is 3.14. The van der Waals surface area contributed by atoms with Gasteiger partial charge in [-0.3, -0.25) is 19.2 Å². The first-order chi connectivity index (χ1) is 21.8. The molecule has 4 rings (SSSR count). The van der Waals surface area contributed by atoms with E-state index in [-0.39, 0.29) is 49.6 Å². The Kier molecular flexibility index (Phi) is 12.0. The molecule has 2 aromatic carbocycles. The molecule has 11 nitrogen and oxygen atoms in total. The van der Waals surface area contributed by atoms with Crippen LogP contribution in [0.25, 0.3) is 10.1 Å². The maximum atomic E-state index is 12.7. The lowest BCUT2D eigenvalue weighted by molar-refractivity contribution is -0.145. The standard InChI is InChI=1S/C33H40N2O9S/c1-5-42-31(37)10-9-30(36)35-19-23-14-21(25(40-3)16-24(23)20-35)8-7-13-44-27-15-22-17-29(45-28(22)18-26(27)41-4)33(39)34-12-11-32(38)43-6-2/h14-18H,5-13,19-20H2,1-4H3,(H,34,39). The van der Waals surface area contributed by atoms with E-state index in [1.54, 1.807) is 39.0 Å². The van der Waals surface area contributed by atoms with E-state index in [1.165, 1.54) is 11.3 Å². The Morgan fingerprint density at radius 3 is 2.20 bits per heavy atom. The number of hydrogen-bond donors (Lipinski definition) is 1. The van der Waals surface area contributed by atoms with Gasteiger partial charge in [0.25, 0.3) is 5.91 Å². The van der Waals surface area contributed by atoms with Gasteiger partial charge in [-0.25, -0.2) is 0 Å². The summed E-state index contributed by atoms with van der Waals surface area (Å²) in [7, 11) is 3.21. The Morgan fingerprint density at radius 1 is 0.822 bits per heavy atom. The van der Waals surface area contributed by atoms with Crippen molar-refractivity contribution >= 4 is 45.2 Å². The van der Waals surface area contributed by atoms with E-state index in [2.05, 4.69) is 11.4 Å². The van der Waals surface area contributed by atoms with Crippen LogP contribution in [0.2, 0.25) is 0 Å². The maximum Gasteiger partial charge on any atom is 0.307 e. The molecule has 0 saturated carbocycles. The van der Waals surface area contributed by atoms with E-state index in [0.717, 1.165) is 32.5 Å². The second-order valence-corrected chi connectivity index (χ2v) is 11.5. The zero-order valence-electron chi connectivity index (χ0n) is 26.2. The molecule has 0 aliphatic carbocycles. The number of benzene rings is 2. The van der Waals surface area contributed by atoms with Crippen LogP contribution in [0.1, 0.15) is 65.9 Å². The number of aryl methyl sites for hydroxylation is 1. The van der Waals surface area contributed by atoms with Gasteiger partial charge in [0.1, 0.15) is 5.75 Å². The highest BCUT2D eigenvalue weighted by molar-refractivity contribution is 7.20. The summed E-state index contributed by atoms with van der Waals surface area (Å²) in [5, 5.41) is 3.61. The van der Waals surface area contributed by atoms with Gasteiger partial charge in [-0.1, -0.05) is 0 Å². The zero-order valence-corrected chi connectivity index (χ0v) is 27.0. The summed E-state index contributed by atoms with van der Waals surface area (Å²) in [5.74, 6) is 0.869. The van der Waals surface area contributed by atoms with Gasteiger partial charge in [-0.2, -0.15) is 0 Å². The van der Waals surface area contributed by atoms with Crippen molar-refractivity contribution in [2.45, 2.75) is 59.0 Å². The van der Waals surface area contributed by atoms with Crippen molar-refractivity contribution in [1.29, 1.82) is 0 Å². The van der Waals surface area contributed by atoms with Crippen molar-refractivity contribution in [3.8, 4) is 17.2 Å². The minimum atomic E-state index is -0.363. The fourth-order valence-electron chi connectivity index (χ4n) is 5.12. The minimum absolute atomic E-state index is 0.0767. The lowest BCUT2D eigenvalue weighted by Crippen LogP contribution is -2.25. The van der Waals surface area contributed by atoms with Crippen molar-refractivity contribution < 1.29 is 42.9 Å². The number of hydrogen-bond acceptors (Lipinski definition) is 10. The molecular weight excluding hydrogens is 600 g/mol. The number of methoxy groups -OCH3 is 2. The number of rotatable bonds is 16. The molecule has 45 heavy (non-hydrogen) atoms. The van der Waals surface area contributed by atoms with Gasteiger partial charge >= 0.3 is 11.9 Å². The predicted molar refractivity (Wildman–Crippen MR) is 169 cm³/mol. The fourth-order valence-corrected chi connectivity index (χ4v) is 6.11. The fraction of sp³-hybridized carbons (Fsp3) is 0.455. The highest BCUT2D eigenvalue weighted by Crippen LogP contribution is 2.37. The van der Waals surface area contributed by atoms with Crippen LogP contribution in [0.5, 0.6) is 17.2 Å². The molecule has 0 atom stereocenters. The molecule has 1 aromatic heterocycles. The first-order valence-corrected chi connectivity index (χ1v) is 15.9. The van der Waals surface area contributed by atoms with Gasteiger partial charge < -0.3 is 33.9 Å². The first-order valence-electron chi connectivity index (χ1n) is 15.1. The van der Waals surface area contributed by atoms with Crippen LogP contribution in [0.3, 0.4) is 0 Å². The lowest BCUT2D eigenvalue weighted by Gasteiger charge is -2.14. The SMILES string of the molecule is CCOC(=O)CCNC(=O)c1cc2cc(OCCCc3cc4c(cc3OC)CN(C(=O)CCC(=O)OCC)C4)c(OC)cc2s1. The number of thiophene rings is 1. The van der Waals surface area contributed by atoms with E-state index in [1.807, 2.05) is 18.2 Å². The van der Waals surface area contributed by atoms with E-state index in [4.69, 9.17) is 23.7 Å². The Bertz CT molecular complexity index is 1530. The monoisotopic (exact) mass is 640 g/mol. The second-order valence-electron chi connectivity index (χ2n) is 10.4. The van der Waals surface area contributed by atoms with Crippen LogP contribution in [0, 0.1) is 0 Å². The maximum absolute atomic E-state index is 12.7. The predicted octanol–water partition coefficient (Wildman–Crippen LogP) is 4.80. The zero-order chi connectivity index (χ0) is 32.3. The van der Waals surface area contributed by atoms with Crippen LogP contribution in [0.4, 0.5) is 0 Å². The average Bonchev–Trinajstić information content (AvgIpc) is 3.65. The molecule has 0 radical (unpaired) electrons. The average molecular weight is 641 g/mol. The van der Waals surface area contributed by atoms with Crippen LogP contribution in [-0.2, 0) is 43.4 Å². The molecule has 1 aliphatic heterocycles. The molecule has 0 bridgehead atoms. The molecule has 2 heterocycles. The number of nitrogens with zero attached hydrogens (tertiary/aromatic N) is 1. The molecule has 242 valence electrons. The Morgan fingerprint density at radius 2 is 1.51 bits per heavy atom. The third kappa shape index (κ3) is 8.87. The van der Waals surface area contributed by atoms with E-state index >= 15 is 0 Å². The van der Waals surface area contributed by atoms with E-state index in [9.17, 15) is 19.2 Å². The van der Waals surface area contributed by atoms with E-state index < -0.39 is 0 Å². The van der Waals surface area contributed by atoms with Gasteiger partial charge in [0.05, 0.1) is 51.8 Å². The highest BCUT2D eigenvalue weighted by atomic mass is 32.1. The summed E-state index contributed by atoms with van der Waals surface area (Å²) in [4.78, 5) is 50.8. The molecule has 1 N–H and O–H groups in total. The normalized spacial score (nSPS) is 12.0. The van der Waals surface area contributed by atoms with Crippen LogP contribution >= 0.6 is 11.3 Å². The van der Waals surface area contributed by atoms with Crippen molar-refractivity contribution in [2.24, 2.45) is 0 Å². The van der Waals surface area contributed by atoms with Gasteiger partial charge in [-0.05, 0) is 73.0 Å². The number of nitrogens with one attached hydrogen (secondary N) is 1. The number of carbonyl (C=O) groups is 4. The van der Waals surface area contributed by atoms with Gasteiger partial charge in [0.15, 0.2) is 11.5 Å². The Balaban J connectivity index is 1.33. The highest BCUT2D eigenvalue weighted by Gasteiger charge is 2.25. The topological polar surface area (TPSA) is 130 Å². The number of esters is 2. The summed E-state index contributed by atoms with van der Waals surface area (Å²) in [6.07, 6.45) is 1.72. The quantitative estimate of drug-likeness (QED) is 0.173. The molecular formula is C33H40N2O9S. The van der Waals surface area contributed by atoms with Crippen LogP contribution < -0.4 is 19.5 Å². The summed E-state index contributed by atoms with van der Waals surface area (Å²) in [6.45, 7) is 5.69. The Labute approximate surface area is 266 Å². The number of carbonyl (C=O) groups excluding carboxylic acids is 4. The first kappa shape index (κ1) is 33.6. The Hall–Kier alpha value is -4.32. The van der Waals surface area contributed by atoms with Crippen molar-refractivity contribution in [2.75, 3.05) is 40.6 Å². The van der Waals surface area contributed by atoms with Crippen LogP contribution in [-0.4, -0.2) is 69.2 Å². The van der Waals surface area contributed by atoms with Gasteiger partial charge in [0, 0.05) is 36.8 Å². The van der Waals surface area contributed by atoms with Crippen molar-refractivity contribution in [3.05, 3.63) is 51.9 Å². The lowest BCUT2D eigenvalue weighted by atomic mass is 10.0. The molecule has 0 saturated heterocycles. The molecule has 0 fully saturated rings. The third-order valence-corrected chi connectivity index (χ3v) is 8.42. The molecule has 0 spiro atoms. The minimum Gasteiger partial charge on any atom is -0.496 e.